The van der Waals surface area contributed by atoms with Gasteiger partial charge >= 0.3 is 5.97 Å². The van der Waals surface area contributed by atoms with E-state index in [1.54, 1.807) is 18.2 Å². The Morgan fingerprint density at radius 3 is 2.60 bits per heavy atom. The van der Waals surface area contributed by atoms with Gasteiger partial charge in [-0.2, -0.15) is 0 Å². The predicted molar refractivity (Wildman–Crippen MR) is 81.6 cm³/mol. The molecule has 0 bridgehead atoms. The largest absolute Gasteiger partial charge is 0.465 e. The van der Waals surface area contributed by atoms with E-state index in [0.29, 0.717) is 27.8 Å². The van der Waals surface area contributed by atoms with Crippen LogP contribution in [-0.2, 0) is 11.3 Å². The third-order valence-corrected chi connectivity index (χ3v) is 3.51. The van der Waals surface area contributed by atoms with Gasteiger partial charge in [-0.1, -0.05) is 41.4 Å². The highest BCUT2D eigenvalue weighted by molar-refractivity contribution is 6.33. The lowest BCUT2D eigenvalue weighted by Crippen LogP contribution is -2.04. The molecule has 2 aromatic rings. The Kier molecular flexibility index (Phi) is 4.88. The topological polar surface area (TPSA) is 38.3 Å². The molecule has 0 heterocycles. The number of ether oxygens (including phenoxy) is 1. The standard InChI is InChI=1S/C15H13Cl2NO2/c1-20-15(19)10-6-7-13(17)14(8-10)18-9-11-4-2-3-5-12(11)16/h2-8,18H,9H2,1H3. The zero-order valence-electron chi connectivity index (χ0n) is 10.8. The van der Waals surface area contributed by atoms with Crippen molar-refractivity contribution in [3.8, 4) is 0 Å². The van der Waals surface area contributed by atoms with Crippen LogP contribution in [0.5, 0.6) is 0 Å². The smallest absolute Gasteiger partial charge is 0.337 e. The van der Waals surface area contributed by atoms with E-state index in [4.69, 9.17) is 23.2 Å². The average Bonchev–Trinajstić information content (AvgIpc) is 2.47. The number of esters is 1. The molecule has 2 aromatic carbocycles. The van der Waals surface area contributed by atoms with Crippen molar-refractivity contribution in [1.29, 1.82) is 0 Å². The molecule has 0 aliphatic heterocycles. The number of carbonyl (C=O) groups excluding carboxylic acids is 1. The molecule has 0 atom stereocenters. The van der Waals surface area contributed by atoms with Gasteiger partial charge in [0.1, 0.15) is 0 Å². The third-order valence-electron chi connectivity index (χ3n) is 2.81. The molecule has 0 unspecified atom stereocenters. The minimum absolute atomic E-state index is 0.400. The second-order valence-electron chi connectivity index (χ2n) is 4.13. The summed E-state index contributed by atoms with van der Waals surface area (Å²) < 4.78 is 4.68. The first-order valence-electron chi connectivity index (χ1n) is 5.97. The quantitative estimate of drug-likeness (QED) is 0.851. The summed E-state index contributed by atoms with van der Waals surface area (Å²) in [7, 11) is 1.34. The fourth-order valence-corrected chi connectivity index (χ4v) is 2.12. The first-order valence-corrected chi connectivity index (χ1v) is 6.72. The molecular formula is C15H13Cl2NO2. The van der Waals surface area contributed by atoms with Crippen molar-refractivity contribution in [2.45, 2.75) is 6.54 Å². The van der Waals surface area contributed by atoms with Gasteiger partial charge in [-0.3, -0.25) is 0 Å². The van der Waals surface area contributed by atoms with E-state index in [1.165, 1.54) is 7.11 Å². The molecule has 0 saturated heterocycles. The predicted octanol–water partition coefficient (Wildman–Crippen LogP) is 4.39. The lowest BCUT2D eigenvalue weighted by atomic mass is 10.2. The fourth-order valence-electron chi connectivity index (χ4n) is 1.74. The third kappa shape index (κ3) is 3.44. The molecule has 2 rings (SSSR count). The number of rotatable bonds is 4. The lowest BCUT2D eigenvalue weighted by Gasteiger charge is -2.11. The summed E-state index contributed by atoms with van der Waals surface area (Å²) in [5.41, 5.74) is 2.06. The average molecular weight is 310 g/mol. The van der Waals surface area contributed by atoms with Crippen molar-refractivity contribution >= 4 is 34.9 Å². The van der Waals surface area contributed by atoms with Gasteiger partial charge < -0.3 is 10.1 Å². The maximum absolute atomic E-state index is 11.5. The van der Waals surface area contributed by atoms with Crippen molar-refractivity contribution in [3.05, 3.63) is 63.6 Å². The van der Waals surface area contributed by atoms with E-state index in [0.717, 1.165) is 5.56 Å². The molecule has 20 heavy (non-hydrogen) atoms. The van der Waals surface area contributed by atoms with Crippen molar-refractivity contribution in [2.75, 3.05) is 12.4 Å². The maximum Gasteiger partial charge on any atom is 0.337 e. The molecule has 0 saturated carbocycles. The molecule has 0 aromatic heterocycles. The molecule has 1 N–H and O–H groups in total. The first kappa shape index (κ1) is 14.7. The van der Waals surface area contributed by atoms with Crippen LogP contribution in [0.2, 0.25) is 10.0 Å². The molecule has 0 spiro atoms. The van der Waals surface area contributed by atoms with Crippen LogP contribution in [0.15, 0.2) is 42.5 Å². The highest BCUT2D eigenvalue weighted by Gasteiger charge is 2.09. The Labute approximate surface area is 127 Å². The van der Waals surface area contributed by atoms with Gasteiger partial charge in [0, 0.05) is 11.6 Å². The molecule has 0 aliphatic carbocycles. The Hall–Kier alpha value is -1.71. The van der Waals surface area contributed by atoms with Gasteiger partial charge in [0.2, 0.25) is 0 Å². The zero-order chi connectivity index (χ0) is 14.5. The van der Waals surface area contributed by atoms with Gasteiger partial charge in [-0.15, -0.1) is 0 Å². The highest BCUT2D eigenvalue weighted by atomic mass is 35.5. The number of methoxy groups -OCH3 is 1. The minimum Gasteiger partial charge on any atom is -0.465 e. The van der Waals surface area contributed by atoms with Crippen LogP contribution in [-0.4, -0.2) is 13.1 Å². The van der Waals surface area contributed by atoms with E-state index in [1.807, 2.05) is 24.3 Å². The second kappa shape index (κ2) is 6.64. The molecule has 104 valence electrons. The molecule has 3 nitrogen and oxygen atoms in total. The fraction of sp³-hybridized carbons (Fsp3) is 0.133. The first-order chi connectivity index (χ1) is 9.61. The Bertz CT molecular complexity index is 629. The van der Waals surface area contributed by atoms with Crippen LogP contribution in [0.25, 0.3) is 0 Å². The number of halogens is 2. The maximum atomic E-state index is 11.5. The second-order valence-corrected chi connectivity index (χ2v) is 4.95. The SMILES string of the molecule is COC(=O)c1ccc(Cl)c(NCc2ccccc2Cl)c1. The monoisotopic (exact) mass is 309 g/mol. The molecule has 5 heteroatoms. The number of benzene rings is 2. The van der Waals surface area contributed by atoms with Crippen LogP contribution in [0.3, 0.4) is 0 Å². The van der Waals surface area contributed by atoms with Crippen LogP contribution >= 0.6 is 23.2 Å². The van der Waals surface area contributed by atoms with Crippen molar-refractivity contribution in [3.63, 3.8) is 0 Å². The van der Waals surface area contributed by atoms with Crippen LogP contribution < -0.4 is 5.32 Å². The van der Waals surface area contributed by atoms with Gasteiger partial charge in [0.05, 0.1) is 23.4 Å². The van der Waals surface area contributed by atoms with Crippen molar-refractivity contribution in [2.24, 2.45) is 0 Å². The summed E-state index contributed by atoms with van der Waals surface area (Å²) in [6, 6.07) is 12.5. The minimum atomic E-state index is -0.400. The zero-order valence-corrected chi connectivity index (χ0v) is 12.3. The summed E-state index contributed by atoms with van der Waals surface area (Å²) in [4.78, 5) is 11.5. The van der Waals surface area contributed by atoms with Gasteiger partial charge in [-0.05, 0) is 29.8 Å². The van der Waals surface area contributed by atoms with Crippen LogP contribution in [0.4, 0.5) is 5.69 Å². The number of nitrogens with one attached hydrogen (secondary N) is 1. The number of carbonyl (C=O) groups is 1. The lowest BCUT2D eigenvalue weighted by molar-refractivity contribution is 0.0601. The molecule has 0 radical (unpaired) electrons. The van der Waals surface area contributed by atoms with E-state index in [9.17, 15) is 4.79 Å². The molecular weight excluding hydrogens is 297 g/mol. The van der Waals surface area contributed by atoms with E-state index in [2.05, 4.69) is 10.1 Å². The van der Waals surface area contributed by atoms with Crippen LogP contribution in [0, 0.1) is 0 Å². The van der Waals surface area contributed by atoms with E-state index >= 15 is 0 Å². The van der Waals surface area contributed by atoms with Crippen molar-refractivity contribution < 1.29 is 9.53 Å². The van der Waals surface area contributed by atoms with Gasteiger partial charge in [0.25, 0.3) is 0 Å². The van der Waals surface area contributed by atoms with E-state index < -0.39 is 5.97 Å². The Morgan fingerprint density at radius 2 is 1.90 bits per heavy atom. The Morgan fingerprint density at radius 1 is 1.15 bits per heavy atom. The van der Waals surface area contributed by atoms with Gasteiger partial charge in [-0.25, -0.2) is 4.79 Å². The Balaban J connectivity index is 2.17. The van der Waals surface area contributed by atoms with Gasteiger partial charge in [0.15, 0.2) is 0 Å². The summed E-state index contributed by atoms with van der Waals surface area (Å²) in [5, 5.41) is 4.38. The summed E-state index contributed by atoms with van der Waals surface area (Å²) >= 11 is 12.2. The van der Waals surface area contributed by atoms with E-state index in [-0.39, 0.29) is 0 Å². The summed E-state index contributed by atoms with van der Waals surface area (Å²) in [6.45, 7) is 0.518. The van der Waals surface area contributed by atoms with Crippen molar-refractivity contribution in [1.82, 2.24) is 0 Å². The number of hydrogen-bond acceptors (Lipinski definition) is 3. The normalized spacial score (nSPS) is 10.2. The highest BCUT2D eigenvalue weighted by Crippen LogP contribution is 2.25. The van der Waals surface area contributed by atoms with Crippen LogP contribution in [0.1, 0.15) is 15.9 Å². The molecule has 0 aliphatic rings. The number of hydrogen-bond donors (Lipinski definition) is 1. The summed E-state index contributed by atoms with van der Waals surface area (Å²) in [6.07, 6.45) is 0. The number of anilines is 1. The summed E-state index contributed by atoms with van der Waals surface area (Å²) in [5.74, 6) is -0.400. The molecule has 0 amide bonds. The molecule has 0 fully saturated rings.